The van der Waals surface area contributed by atoms with Crippen LogP contribution in [0.25, 0.3) is 0 Å². The van der Waals surface area contributed by atoms with Crippen molar-refractivity contribution in [2.75, 3.05) is 6.54 Å². The highest BCUT2D eigenvalue weighted by Gasteiger charge is 2.28. The molecular formula is C14H22N2O3. The molecule has 0 saturated carbocycles. The van der Waals surface area contributed by atoms with E-state index in [1.807, 2.05) is 51.1 Å². The fourth-order valence-electron chi connectivity index (χ4n) is 1.91. The van der Waals surface area contributed by atoms with Crippen LogP contribution in [0.3, 0.4) is 0 Å². The van der Waals surface area contributed by atoms with Crippen LogP contribution >= 0.6 is 0 Å². The van der Waals surface area contributed by atoms with Crippen molar-refractivity contribution < 1.29 is 15.1 Å². The Morgan fingerprint density at radius 1 is 1.32 bits per heavy atom. The van der Waals surface area contributed by atoms with Crippen LogP contribution < -0.4 is 5.48 Å². The molecule has 0 fully saturated rings. The van der Waals surface area contributed by atoms with Crippen LogP contribution in [0.15, 0.2) is 30.3 Å². The zero-order valence-electron chi connectivity index (χ0n) is 11.6. The minimum absolute atomic E-state index is 0.226. The molecule has 106 valence electrons. The summed E-state index contributed by atoms with van der Waals surface area (Å²) in [7, 11) is 0. The number of hydrogen-bond donors (Lipinski definition) is 3. The van der Waals surface area contributed by atoms with Crippen LogP contribution in [0.1, 0.15) is 26.3 Å². The Labute approximate surface area is 113 Å². The smallest absolute Gasteiger partial charge is 0.407 e. The van der Waals surface area contributed by atoms with E-state index in [2.05, 4.69) is 5.48 Å². The Hall–Kier alpha value is -1.59. The van der Waals surface area contributed by atoms with Crippen LogP contribution in [0.5, 0.6) is 0 Å². The third kappa shape index (κ3) is 4.89. The van der Waals surface area contributed by atoms with Crippen molar-refractivity contribution in [3.05, 3.63) is 35.9 Å². The molecule has 1 rings (SSSR count). The van der Waals surface area contributed by atoms with Crippen molar-refractivity contribution in [3.63, 3.8) is 0 Å². The first-order valence-electron chi connectivity index (χ1n) is 6.28. The van der Waals surface area contributed by atoms with Gasteiger partial charge in [0.05, 0.1) is 6.04 Å². The molecule has 0 aliphatic carbocycles. The molecule has 0 radical (unpaired) electrons. The summed E-state index contributed by atoms with van der Waals surface area (Å²) >= 11 is 0. The van der Waals surface area contributed by atoms with E-state index in [1.54, 1.807) is 0 Å². The zero-order chi connectivity index (χ0) is 14.5. The van der Waals surface area contributed by atoms with E-state index in [4.69, 9.17) is 0 Å². The van der Waals surface area contributed by atoms with Gasteiger partial charge >= 0.3 is 6.09 Å². The minimum atomic E-state index is -0.985. The maximum absolute atomic E-state index is 11.3. The van der Waals surface area contributed by atoms with E-state index in [1.165, 1.54) is 4.90 Å². The molecule has 0 aliphatic heterocycles. The lowest BCUT2D eigenvalue weighted by Gasteiger charge is -2.35. The van der Waals surface area contributed by atoms with Crippen molar-refractivity contribution in [1.29, 1.82) is 0 Å². The summed E-state index contributed by atoms with van der Waals surface area (Å²) in [5.41, 5.74) is 2.75. The number of rotatable bonds is 5. The van der Waals surface area contributed by atoms with E-state index in [0.29, 0.717) is 6.42 Å². The van der Waals surface area contributed by atoms with Crippen LogP contribution in [0.4, 0.5) is 4.79 Å². The van der Waals surface area contributed by atoms with Gasteiger partial charge in [0.25, 0.3) is 0 Å². The van der Waals surface area contributed by atoms with Crippen LogP contribution in [-0.4, -0.2) is 39.4 Å². The van der Waals surface area contributed by atoms with Crippen LogP contribution in [-0.2, 0) is 6.42 Å². The van der Waals surface area contributed by atoms with Crippen molar-refractivity contribution in [1.82, 2.24) is 10.4 Å². The number of amides is 1. The molecule has 0 saturated heterocycles. The number of benzene rings is 1. The van der Waals surface area contributed by atoms with Crippen LogP contribution in [0, 0.1) is 0 Å². The predicted octanol–water partition coefficient (Wildman–Crippen LogP) is 2.35. The second kappa shape index (κ2) is 6.54. The number of hydroxylamine groups is 1. The molecule has 0 bridgehead atoms. The minimum Gasteiger partial charge on any atom is -0.465 e. The Bertz CT molecular complexity index is 401. The number of nitrogens with one attached hydrogen (secondary N) is 1. The molecule has 19 heavy (non-hydrogen) atoms. The van der Waals surface area contributed by atoms with Gasteiger partial charge in [-0.1, -0.05) is 30.3 Å². The second-order valence-electron chi connectivity index (χ2n) is 5.58. The maximum Gasteiger partial charge on any atom is 0.407 e. The number of nitrogens with zero attached hydrogens (tertiary/aromatic N) is 1. The quantitative estimate of drug-likeness (QED) is 0.715. The summed E-state index contributed by atoms with van der Waals surface area (Å²) in [6.45, 7) is 5.72. The van der Waals surface area contributed by atoms with Crippen molar-refractivity contribution in [3.8, 4) is 0 Å². The summed E-state index contributed by atoms with van der Waals surface area (Å²) in [5, 5.41) is 18.5. The number of carbonyl (C=O) groups is 1. The largest absolute Gasteiger partial charge is 0.465 e. The lowest BCUT2D eigenvalue weighted by molar-refractivity contribution is 0.0623. The van der Waals surface area contributed by atoms with Gasteiger partial charge < -0.3 is 15.2 Å². The Morgan fingerprint density at radius 2 is 1.89 bits per heavy atom. The molecule has 1 amide bonds. The molecule has 0 spiro atoms. The molecule has 1 unspecified atom stereocenters. The molecule has 3 N–H and O–H groups in total. The van der Waals surface area contributed by atoms with Gasteiger partial charge in [0.15, 0.2) is 0 Å². The molecule has 1 aromatic rings. The molecule has 0 aromatic heterocycles. The third-order valence-corrected chi connectivity index (χ3v) is 2.95. The summed E-state index contributed by atoms with van der Waals surface area (Å²) in [4.78, 5) is 12.6. The van der Waals surface area contributed by atoms with Gasteiger partial charge in [0.1, 0.15) is 0 Å². The molecule has 1 aromatic carbocycles. The van der Waals surface area contributed by atoms with Crippen molar-refractivity contribution >= 4 is 6.09 Å². The standard InChI is InChI=1S/C14H22N2O3/c1-14(2,3)16(13(17)18)10-12(15-19)9-11-7-5-4-6-8-11/h4-8,12,15,19H,9-10H2,1-3H3,(H,17,18). The van der Waals surface area contributed by atoms with E-state index in [0.717, 1.165) is 5.56 Å². The SMILES string of the molecule is CC(C)(C)N(CC(Cc1ccccc1)NO)C(=O)O. The maximum atomic E-state index is 11.3. The van der Waals surface area contributed by atoms with E-state index >= 15 is 0 Å². The summed E-state index contributed by atoms with van der Waals surface area (Å²) in [6, 6.07) is 9.32. The first kappa shape index (κ1) is 15.5. The van der Waals surface area contributed by atoms with E-state index < -0.39 is 11.6 Å². The van der Waals surface area contributed by atoms with E-state index in [-0.39, 0.29) is 12.6 Å². The summed E-state index contributed by atoms with van der Waals surface area (Å²) in [5.74, 6) is 0. The fourth-order valence-corrected chi connectivity index (χ4v) is 1.91. The van der Waals surface area contributed by atoms with Crippen LogP contribution in [0.2, 0.25) is 0 Å². The highest BCUT2D eigenvalue weighted by atomic mass is 16.5. The number of hydrogen-bond acceptors (Lipinski definition) is 3. The highest BCUT2D eigenvalue weighted by Crippen LogP contribution is 2.15. The average molecular weight is 266 g/mol. The third-order valence-electron chi connectivity index (χ3n) is 2.95. The second-order valence-corrected chi connectivity index (χ2v) is 5.58. The summed E-state index contributed by atoms with van der Waals surface area (Å²) in [6.07, 6.45) is -0.419. The lowest BCUT2D eigenvalue weighted by Crippen LogP contribution is -2.51. The fraction of sp³-hybridized carbons (Fsp3) is 0.500. The van der Waals surface area contributed by atoms with Gasteiger partial charge in [-0.25, -0.2) is 10.3 Å². The molecule has 0 heterocycles. The molecule has 5 heteroatoms. The summed E-state index contributed by atoms with van der Waals surface area (Å²) < 4.78 is 0. The van der Waals surface area contributed by atoms with Gasteiger partial charge in [-0.3, -0.25) is 0 Å². The molecule has 5 nitrogen and oxygen atoms in total. The Balaban J connectivity index is 2.73. The van der Waals surface area contributed by atoms with Gasteiger partial charge in [-0.2, -0.15) is 0 Å². The molecule has 1 atom stereocenters. The number of carboxylic acid groups (broad SMARTS) is 1. The average Bonchev–Trinajstić information content (AvgIpc) is 2.33. The first-order valence-corrected chi connectivity index (χ1v) is 6.28. The van der Waals surface area contributed by atoms with Crippen molar-refractivity contribution in [2.45, 2.75) is 38.8 Å². The Kier molecular flexibility index (Phi) is 5.32. The van der Waals surface area contributed by atoms with Gasteiger partial charge in [0.2, 0.25) is 0 Å². The zero-order valence-corrected chi connectivity index (χ0v) is 11.6. The monoisotopic (exact) mass is 266 g/mol. The normalized spacial score (nSPS) is 13.1. The van der Waals surface area contributed by atoms with Crippen molar-refractivity contribution in [2.24, 2.45) is 0 Å². The van der Waals surface area contributed by atoms with Gasteiger partial charge in [-0.15, -0.1) is 0 Å². The molecular weight excluding hydrogens is 244 g/mol. The van der Waals surface area contributed by atoms with Gasteiger partial charge in [0, 0.05) is 12.1 Å². The molecule has 0 aliphatic rings. The first-order chi connectivity index (χ1) is 8.84. The highest BCUT2D eigenvalue weighted by molar-refractivity contribution is 5.66. The predicted molar refractivity (Wildman–Crippen MR) is 73.3 cm³/mol. The van der Waals surface area contributed by atoms with Gasteiger partial charge in [-0.05, 0) is 32.8 Å². The lowest BCUT2D eigenvalue weighted by atomic mass is 10.0. The topological polar surface area (TPSA) is 72.8 Å². The Morgan fingerprint density at radius 3 is 2.32 bits per heavy atom. The van der Waals surface area contributed by atoms with E-state index in [9.17, 15) is 15.1 Å².